The van der Waals surface area contributed by atoms with E-state index in [4.69, 9.17) is 0 Å². The lowest BCUT2D eigenvalue weighted by Gasteiger charge is -2.20. The van der Waals surface area contributed by atoms with Crippen LogP contribution in [0.5, 0.6) is 0 Å². The van der Waals surface area contributed by atoms with Crippen molar-refractivity contribution >= 4 is 11.5 Å². The lowest BCUT2D eigenvalue weighted by Crippen LogP contribution is -2.26. The van der Waals surface area contributed by atoms with Crippen molar-refractivity contribution in [1.29, 1.82) is 0 Å². The Kier molecular flexibility index (Phi) is 3.60. The van der Waals surface area contributed by atoms with Gasteiger partial charge in [-0.25, -0.2) is 0 Å². The second-order valence-corrected chi connectivity index (χ2v) is 5.25. The molecule has 0 saturated heterocycles. The minimum absolute atomic E-state index is 0.536. The monoisotopic (exact) mass is 236 g/mol. The largest absolute Gasteiger partial charge is 0.380 e. The molecule has 2 heterocycles. The van der Waals surface area contributed by atoms with Gasteiger partial charge in [0.05, 0.1) is 5.69 Å². The highest BCUT2D eigenvalue weighted by atomic mass is 15.3. The van der Waals surface area contributed by atoms with Gasteiger partial charge in [-0.2, -0.15) is 5.10 Å². The number of rotatable bonds is 3. The molecule has 96 valence electrons. The molecule has 0 fully saturated rings. The Labute approximate surface area is 104 Å². The standard InChI is InChI=1S/C13H24N4/c1-5-6-11-12-13(17(4)16-11)15-10(9(2)3)7-8-14-12/h9-10,14-15H,5-8H2,1-4H3. The normalized spacial score (nSPS) is 19.5. The van der Waals surface area contributed by atoms with Crippen LogP contribution in [0.4, 0.5) is 11.5 Å². The number of aryl methyl sites for hydroxylation is 2. The Morgan fingerprint density at radius 2 is 2.24 bits per heavy atom. The first-order valence-electron chi connectivity index (χ1n) is 6.69. The molecule has 0 spiro atoms. The van der Waals surface area contributed by atoms with Gasteiger partial charge in [0, 0.05) is 19.6 Å². The van der Waals surface area contributed by atoms with Crippen LogP contribution in [0.2, 0.25) is 0 Å². The summed E-state index contributed by atoms with van der Waals surface area (Å²) < 4.78 is 1.98. The number of hydrogen-bond donors (Lipinski definition) is 2. The zero-order chi connectivity index (χ0) is 12.4. The van der Waals surface area contributed by atoms with E-state index in [9.17, 15) is 0 Å². The minimum atomic E-state index is 0.536. The summed E-state index contributed by atoms with van der Waals surface area (Å²) >= 11 is 0. The second kappa shape index (κ2) is 4.98. The van der Waals surface area contributed by atoms with Gasteiger partial charge in [-0.1, -0.05) is 27.2 Å². The number of anilines is 2. The molecule has 0 amide bonds. The molecule has 0 saturated carbocycles. The highest BCUT2D eigenvalue weighted by Crippen LogP contribution is 2.31. The molecule has 2 rings (SSSR count). The van der Waals surface area contributed by atoms with Crippen LogP contribution in [-0.2, 0) is 13.5 Å². The van der Waals surface area contributed by atoms with Crippen LogP contribution in [0.25, 0.3) is 0 Å². The third-order valence-corrected chi connectivity index (χ3v) is 3.49. The lowest BCUT2D eigenvalue weighted by atomic mass is 10.0. The van der Waals surface area contributed by atoms with E-state index >= 15 is 0 Å². The summed E-state index contributed by atoms with van der Waals surface area (Å²) in [4.78, 5) is 0. The molecule has 4 heteroatoms. The van der Waals surface area contributed by atoms with Crippen molar-refractivity contribution in [3.05, 3.63) is 5.69 Å². The third-order valence-electron chi connectivity index (χ3n) is 3.49. The second-order valence-electron chi connectivity index (χ2n) is 5.25. The Bertz CT molecular complexity index is 381. The van der Waals surface area contributed by atoms with Gasteiger partial charge in [0.15, 0.2) is 0 Å². The van der Waals surface area contributed by atoms with Crippen molar-refractivity contribution in [3.63, 3.8) is 0 Å². The zero-order valence-corrected chi connectivity index (χ0v) is 11.4. The summed E-state index contributed by atoms with van der Waals surface area (Å²) in [6, 6.07) is 0.536. The predicted molar refractivity (Wildman–Crippen MR) is 72.6 cm³/mol. The van der Waals surface area contributed by atoms with Crippen molar-refractivity contribution in [3.8, 4) is 0 Å². The molecule has 1 aromatic heterocycles. The Morgan fingerprint density at radius 1 is 1.47 bits per heavy atom. The third kappa shape index (κ3) is 2.40. The molecule has 1 aliphatic rings. The van der Waals surface area contributed by atoms with Crippen LogP contribution in [0.1, 0.15) is 39.3 Å². The first-order valence-corrected chi connectivity index (χ1v) is 6.69. The number of nitrogens with zero attached hydrogens (tertiary/aromatic N) is 2. The van der Waals surface area contributed by atoms with Crippen LogP contribution >= 0.6 is 0 Å². The van der Waals surface area contributed by atoms with E-state index < -0.39 is 0 Å². The van der Waals surface area contributed by atoms with Gasteiger partial charge in [-0.15, -0.1) is 0 Å². The highest BCUT2D eigenvalue weighted by Gasteiger charge is 2.23. The van der Waals surface area contributed by atoms with Crippen molar-refractivity contribution in [2.45, 2.75) is 46.1 Å². The number of fused-ring (bicyclic) bond motifs is 1. The van der Waals surface area contributed by atoms with Crippen LogP contribution in [-0.4, -0.2) is 22.4 Å². The van der Waals surface area contributed by atoms with E-state index in [0.717, 1.165) is 31.6 Å². The van der Waals surface area contributed by atoms with E-state index in [-0.39, 0.29) is 0 Å². The first-order chi connectivity index (χ1) is 8.13. The molecule has 4 nitrogen and oxygen atoms in total. The minimum Gasteiger partial charge on any atom is -0.380 e. The summed E-state index contributed by atoms with van der Waals surface area (Å²) in [6.07, 6.45) is 3.35. The smallest absolute Gasteiger partial charge is 0.148 e. The van der Waals surface area contributed by atoms with Crippen molar-refractivity contribution in [1.82, 2.24) is 9.78 Å². The van der Waals surface area contributed by atoms with Gasteiger partial charge < -0.3 is 10.6 Å². The molecular formula is C13H24N4. The van der Waals surface area contributed by atoms with Crippen molar-refractivity contribution < 1.29 is 0 Å². The van der Waals surface area contributed by atoms with Gasteiger partial charge in [0.25, 0.3) is 0 Å². The van der Waals surface area contributed by atoms with Gasteiger partial charge in [0.2, 0.25) is 0 Å². The van der Waals surface area contributed by atoms with Crippen LogP contribution in [0.15, 0.2) is 0 Å². The predicted octanol–water partition coefficient (Wildman–Crippen LogP) is 2.62. The summed E-state index contributed by atoms with van der Waals surface area (Å²) in [5.41, 5.74) is 2.42. The maximum Gasteiger partial charge on any atom is 0.148 e. The molecule has 0 bridgehead atoms. The number of aromatic nitrogens is 2. The maximum absolute atomic E-state index is 4.61. The zero-order valence-electron chi connectivity index (χ0n) is 11.4. The summed E-state index contributed by atoms with van der Waals surface area (Å²) in [5, 5.41) is 11.8. The van der Waals surface area contributed by atoms with Crippen LogP contribution in [0, 0.1) is 5.92 Å². The van der Waals surface area contributed by atoms with E-state index in [1.54, 1.807) is 0 Å². The summed E-state index contributed by atoms with van der Waals surface area (Å²) in [7, 11) is 2.02. The molecule has 1 atom stereocenters. The molecule has 1 aliphatic heterocycles. The van der Waals surface area contributed by atoms with E-state index in [0.29, 0.717) is 12.0 Å². The van der Waals surface area contributed by atoms with Crippen LogP contribution < -0.4 is 10.6 Å². The van der Waals surface area contributed by atoms with Crippen molar-refractivity contribution in [2.24, 2.45) is 13.0 Å². The average Bonchev–Trinajstić information content (AvgIpc) is 2.50. The fraction of sp³-hybridized carbons (Fsp3) is 0.769. The van der Waals surface area contributed by atoms with Gasteiger partial charge in [-0.3, -0.25) is 4.68 Å². The Hall–Kier alpha value is -1.19. The molecule has 0 aliphatic carbocycles. The quantitative estimate of drug-likeness (QED) is 0.847. The average molecular weight is 236 g/mol. The Morgan fingerprint density at radius 3 is 2.88 bits per heavy atom. The Balaban J connectivity index is 2.29. The fourth-order valence-corrected chi connectivity index (χ4v) is 2.44. The summed E-state index contributed by atoms with van der Waals surface area (Å²) in [5.74, 6) is 1.80. The molecule has 1 aromatic rings. The number of hydrogen-bond acceptors (Lipinski definition) is 3. The van der Waals surface area contributed by atoms with Gasteiger partial charge >= 0.3 is 0 Å². The maximum atomic E-state index is 4.61. The van der Waals surface area contributed by atoms with Gasteiger partial charge in [0.1, 0.15) is 11.5 Å². The van der Waals surface area contributed by atoms with Crippen molar-refractivity contribution in [2.75, 3.05) is 17.2 Å². The molecular weight excluding hydrogens is 212 g/mol. The first kappa shape index (κ1) is 12.3. The van der Waals surface area contributed by atoms with E-state index in [1.165, 1.54) is 11.4 Å². The molecule has 1 unspecified atom stereocenters. The SMILES string of the molecule is CCCc1nn(C)c2c1NCCC(C(C)C)N2. The van der Waals surface area contributed by atoms with Gasteiger partial charge in [-0.05, 0) is 18.8 Å². The topological polar surface area (TPSA) is 41.9 Å². The molecule has 0 radical (unpaired) electrons. The highest BCUT2D eigenvalue weighted by molar-refractivity contribution is 5.69. The van der Waals surface area contributed by atoms with E-state index in [2.05, 4.69) is 36.5 Å². The molecule has 17 heavy (non-hydrogen) atoms. The lowest BCUT2D eigenvalue weighted by molar-refractivity contribution is 0.502. The van der Waals surface area contributed by atoms with Crippen LogP contribution in [0.3, 0.4) is 0 Å². The molecule has 0 aromatic carbocycles. The summed E-state index contributed by atoms with van der Waals surface area (Å²) in [6.45, 7) is 7.77. The fourth-order valence-electron chi connectivity index (χ4n) is 2.44. The molecule has 2 N–H and O–H groups in total. The number of nitrogens with one attached hydrogen (secondary N) is 2. The van der Waals surface area contributed by atoms with E-state index in [1.807, 2.05) is 11.7 Å².